The van der Waals surface area contributed by atoms with Crippen LogP contribution < -0.4 is 4.90 Å². The number of para-hydroxylation sites is 1. The van der Waals surface area contributed by atoms with E-state index in [0.717, 1.165) is 11.3 Å². The van der Waals surface area contributed by atoms with E-state index in [2.05, 4.69) is 0 Å². The van der Waals surface area contributed by atoms with Gasteiger partial charge in [0.2, 0.25) is 0 Å². The van der Waals surface area contributed by atoms with E-state index in [1.165, 1.54) is 6.07 Å². The normalized spacial score (nSPS) is 15.3. The lowest BCUT2D eigenvalue weighted by Crippen LogP contribution is -2.20. The zero-order valence-corrected chi connectivity index (χ0v) is 12.2. The number of carbonyl (C=O) groups excluding carboxylic acids is 1. The number of anilines is 1. The quantitative estimate of drug-likeness (QED) is 0.484. The number of nitro groups is 1. The lowest BCUT2D eigenvalue weighted by molar-refractivity contribution is -0.385. The van der Waals surface area contributed by atoms with E-state index in [4.69, 9.17) is 0 Å². The van der Waals surface area contributed by atoms with Crippen LogP contribution in [0.4, 0.5) is 11.4 Å². The number of likely N-dealkylation sites (N-methyl/N-ethyl adjacent to an activating group) is 1. The Morgan fingerprint density at radius 3 is 2.64 bits per heavy atom. The van der Waals surface area contributed by atoms with Crippen LogP contribution in [0.1, 0.15) is 16.7 Å². The molecule has 1 aliphatic rings. The minimum absolute atomic E-state index is 0.0569. The maximum absolute atomic E-state index is 12.4. The molecule has 110 valence electrons. The number of aryl methyl sites for hydroxylation is 1. The molecular formula is C17H14N2O3. The second kappa shape index (κ2) is 5.11. The summed E-state index contributed by atoms with van der Waals surface area (Å²) in [4.78, 5) is 24.6. The molecule has 0 aliphatic carbocycles. The molecule has 5 heteroatoms. The fourth-order valence-electron chi connectivity index (χ4n) is 2.62. The summed E-state index contributed by atoms with van der Waals surface area (Å²) in [5.41, 5.74) is 3.55. The minimum atomic E-state index is -0.409. The first-order valence-electron chi connectivity index (χ1n) is 6.83. The number of hydrogen-bond acceptors (Lipinski definition) is 3. The van der Waals surface area contributed by atoms with Crippen molar-refractivity contribution in [2.24, 2.45) is 0 Å². The van der Waals surface area contributed by atoms with Gasteiger partial charge < -0.3 is 4.90 Å². The Kier molecular flexibility index (Phi) is 3.25. The molecule has 0 atom stereocenters. The van der Waals surface area contributed by atoms with E-state index >= 15 is 0 Å². The van der Waals surface area contributed by atoms with Gasteiger partial charge in [-0.25, -0.2) is 0 Å². The topological polar surface area (TPSA) is 63.5 Å². The molecule has 1 amide bonds. The number of carbonyl (C=O) groups is 1. The van der Waals surface area contributed by atoms with Gasteiger partial charge in [0.05, 0.1) is 10.6 Å². The molecule has 0 spiro atoms. The molecule has 0 fully saturated rings. The molecule has 1 heterocycles. The Morgan fingerprint density at radius 2 is 1.91 bits per heavy atom. The molecule has 22 heavy (non-hydrogen) atoms. The summed E-state index contributed by atoms with van der Waals surface area (Å²) in [5.74, 6) is -0.107. The first kappa shape index (κ1) is 14.0. The summed E-state index contributed by atoms with van der Waals surface area (Å²) in [6.45, 7) is 1.69. The van der Waals surface area contributed by atoms with Gasteiger partial charge in [-0.3, -0.25) is 14.9 Å². The van der Waals surface area contributed by atoms with Crippen molar-refractivity contribution in [1.29, 1.82) is 0 Å². The van der Waals surface area contributed by atoms with Crippen molar-refractivity contribution in [3.8, 4) is 0 Å². The number of nitro benzene ring substituents is 1. The van der Waals surface area contributed by atoms with E-state index in [0.29, 0.717) is 16.7 Å². The molecule has 3 rings (SSSR count). The SMILES string of the molecule is Cc1ccc(C=C2C(=O)N(C)c3ccccc32)cc1[N+](=O)[O-]. The second-order valence-corrected chi connectivity index (χ2v) is 5.24. The average molecular weight is 294 g/mol. The third-order valence-corrected chi connectivity index (χ3v) is 3.83. The van der Waals surface area contributed by atoms with Gasteiger partial charge in [-0.15, -0.1) is 0 Å². The van der Waals surface area contributed by atoms with Crippen molar-refractivity contribution in [2.45, 2.75) is 6.92 Å². The Bertz CT molecular complexity index is 824. The van der Waals surface area contributed by atoms with Crippen molar-refractivity contribution in [2.75, 3.05) is 11.9 Å². The third-order valence-electron chi connectivity index (χ3n) is 3.83. The van der Waals surface area contributed by atoms with Crippen molar-refractivity contribution in [1.82, 2.24) is 0 Å². The van der Waals surface area contributed by atoms with E-state index in [-0.39, 0.29) is 11.6 Å². The fourth-order valence-corrected chi connectivity index (χ4v) is 2.62. The van der Waals surface area contributed by atoms with Crippen molar-refractivity contribution >= 4 is 28.9 Å². The molecule has 0 saturated carbocycles. The molecule has 5 nitrogen and oxygen atoms in total. The minimum Gasteiger partial charge on any atom is -0.311 e. The van der Waals surface area contributed by atoms with Gasteiger partial charge in [0, 0.05) is 29.8 Å². The number of hydrogen-bond donors (Lipinski definition) is 0. The van der Waals surface area contributed by atoms with Crippen LogP contribution in [-0.4, -0.2) is 17.9 Å². The molecule has 2 aromatic rings. The van der Waals surface area contributed by atoms with Crippen LogP contribution >= 0.6 is 0 Å². The summed E-state index contributed by atoms with van der Waals surface area (Å²) in [7, 11) is 1.72. The third kappa shape index (κ3) is 2.16. The van der Waals surface area contributed by atoms with Gasteiger partial charge in [-0.2, -0.15) is 0 Å². The van der Waals surface area contributed by atoms with Gasteiger partial charge in [-0.1, -0.05) is 30.3 Å². The number of amides is 1. The smallest absolute Gasteiger partial charge is 0.272 e. The molecule has 0 saturated heterocycles. The number of fused-ring (bicyclic) bond motifs is 1. The lowest BCUT2D eigenvalue weighted by Gasteiger charge is -2.07. The molecule has 1 aliphatic heterocycles. The van der Waals surface area contributed by atoms with Crippen LogP contribution in [0.15, 0.2) is 42.5 Å². The number of nitrogens with zero attached hydrogens (tertiary/aromatic N) is 2. The lowest BCUT2D eigenvalue weighted by atomic mass is 10.0. The molecular weight excluding hydrogens is 280 g/mol. The summed E-state index contributed by atoms with van der Waals surface area (Å²) in [5, 5.41) is 11.0. The van der Waals surface area contributed by atoms with Crippen LogP contribution in [0.5, 0.6) is 0 Å². The van der Waals surface area contributed by atoms with Gasteiger partial charge >= 0.3 is 0 Å². The molecule has 0 radical (unpaired) electrons. The first-order chi connectivity index (χ1) is 10.5. The Morgan fingerprint density at radius 1 is 1.18 bits per heavy atom. The Balaban J connectivity index is 2.12. The van der Waals surface area contributed by atoms with Crippen LogP contribution in [-0.2, 0) is 4.79 Å². The number of rotatable bonds is 2. The predicted molar refractivity (Wildman–Crippen MR) is 85.6 cm³/mol. The standard InChI is InChI=1S/C17H14N2O3/c1-11-7-8-12(10-16(11)19(21)22)9-14-13-5-3-4-6-15(13)18(2)17(14)20/h3-10H,1-2H3. The van der Waals surface area contributed by atoms with Gasteiger partial charge in [-0.05, 0) is 24.6 Å². The van der Waals surface area contributed by atoms with E-state index in [9.17, 15) is 14.9 Å². The van der Waals surface area contributed by atoms with Crippen LogP contribution in [0.2, 0.25) is 0 Å². The summed E-state index contributed by atoms with van der Waals surface area (Å²) < 4.78 is 0. The zero-order valence-electron chi connectivity index (χ0n) is 12.2. The van der Waals surface area contributed by atoms with Crippen molar-refractivity contribution in [3.05, 3.63) is 69.3 Å². The van der Waals surface area contributed by atoms with Crippen LogP contribution in [0, 0.1) is 17.0 Å². The molecule has 2 aromatic carbocycles. The highest BCUT2D eigenvalue weighted by molar-refractivity contribution is 6.35. The predicted octanol–water partition coefficient (Wildman–Crippen LogP) is 3.42. The molecule has 0 bridgehead atoms. The van der Waals surface area contributed by atoms with Crippen LogP contribution in [0.3, 0.4) is 0 Å². The van der Waals surface area contributed by atoms with Gasteiger partial charge in [0.1, 0.15) is 0 Å². The van der Waals surface area contributed by atoms with E-state index in [1.807, 2.05) is 24.3 Å². The van der Waals surface area contributed by atoms with Crippen molar-refractivity contribution < 1.29 is 9.72 Å². The largest absolute Gasteiger partial charge is 0.311 e. The van der Waals surface area contributed by atoms with Gasteiger partial charge in [0.15, 0.2) is 0 Å². The highest BCUT2D eigenvalue weighted by Gasteiger charge is 2.29. The highest BCUT2D eigenvalue weighted by Crippen LogP contribution is 2.36. The summed E-state index contributed by atoms with van der Waals surface area (Å²) in [6.07, 6.45) is 1.71. The fraction of sp³-hybridized carbons (Fsp3) is 0.118. The first-order valence-corrected chi connectivity index (χ1v) is 6.83. The molecule has 0 N–H and O–H groups in total. The average Bonchev–Trinajstić information content (AvgIpc) is 2.74. The maximum Gasteiger partial charge on any atom is 0.272 e. The van der Waals surface area contributed by atoms with Gasteiger partial charge in [0.25, 0.3) is 11.6 Å². The van der Waals surface area contributed by atoms with E-state index < -0.39 is 4.92 Å². The van der Waals surface area contributed by atoms with E-state index in [1.54, 1.807) is 37.1 Å². The highest BCUT2D eigenvalue weighted by atomic mass is 16.6. The number of benzene rings is 2. The molecule has 0 aromatic heterocycles. The molecule has 0 unspecified atom stereocenters. The Hall–Kier alpha value is -2.95. The zero-order chi connectivity index (χ0) is 15.9. The summed E-state index contributed by atoms with van der Waals surface area (Å²) >= 11 is 0. The summed E-state index contributed by atoms with van der Waals surface area (Å²) in [6, 6.07) is 12.5. The Labute approximate surface area is 127 Å². The van der Waals surface area contributed by atoms with Crippen molar-refractivity contribution in [3.63, 3.8) is 0 Å². The second-order valence-electron chi connectivity index (χ2n) is 5.24. The monoisotopic (exact) mass is 294 g/mol. The maximum atomic E-state index is 12.4. The van der Waals surface area contributed by atoms with Crippen LogP contribution in [0.25, 0.3) is 11.6 Å².